The normalized spacial score (nSPS) is 11.3. The Morgan fingerprint density at radius 1 is 1.38 bits per heavy atom. The Kier molecular flexibility index (Phi) is 6.03. The number of nitrogens with one attached hydrogen (secondary N) is 1. The predicted octanol–water partition coefficient (Wildman–Crippen LogP) is 3.13. The number of ether oxygens (including phenoxy) is 1. The van der Waals surface area contributed by atoms with Gasteiger partial charge in [0.05, 0.1) is 6.61 Å². The van der Waals surface area contributed by atoms with Crippen molar-refractivity contribution in [3.05, 3.63) is 21.4 Å². The molecule has 0 aliphatic rings. The van der Waals surface area contributed by atoms with Gasteiger partial charge in [-0.2, -0.15) is 0 Å². The minimum atomic E-state index is 0.627. The van der Waals surface area contributed by atoms with E-state index in [0.717, 1.165) is 26.3 Å². The van der Waals surface area contributed by atoms with Crippen LogP contribution in [0.15, 0.2) is 6.07 Å². The molecule has 0 radical (unpaired) electrons. The smallest absolute Gasteiger partial charge is 0.0591 e. The Morgan fingerprint density at radius 3 is 2.69 bits per heavy atom. The minimum absolute atomic E-state index is 0.627. The molecular formula is C13H23NOS. The van der Waals surface area contributed by atoms with Crippen molar-refractivity contribution in [2.24, 2.45) is 5.92 Å². The molecule has 0 atom stereocenters. The molecule has 1 rings (SSSR count). The zero-order valence-corrected chi connectivity index (χ0v) is 11.6. The maximum absolute atomic E-state index is 5.50. The molecule has 0 saturated heterocycles. The highest BCUT2D eigenvalue weighted by atomic mass is 32.1. The molecule has 0 saturated carbocycles. The molecular weight excluding hydrogens is 218 g/mol. The van der Waals surface area contributed by atoms with Gasteiger partial charge in [-0.1, -0.05) is 13.8 Å². The first-order valence-electron chi connectivity index (χ1n) is 5.94. The first-order valence-corrected chi connectivity index (χ1v) is 6.75. The van der Waals surface area contributed by atoms with Crippen molar-refractivity contribution in [2.75, 3.05) is 19.8 Å². The second-order valence-electron chi connectivity index (χ2n) is 4.60. The van der Waals surface area contributed by atoms with Crippen molar-refractivity contribution < 1.29 is 4.74 Å². The first-order chi connectivity index (χ1) is 7.59. The maximum Gasteiger partial charge on any atom is 0.0591 e. The minimum Gasteiger partial charge on any atom is -0.380 e. The molecule has 0 aliphatic carbocycles. The van der Waals surface area contributed by atoms with Crippen LogP contribution in [0.5, 0.6) is 0 Å². The maximum atomic E-state index is 5.50. The summed E-state index contributed by atoms with van der Waals surface area (Å²) >= 11 is 1.88. The van der Waals surface area contributed by atoms with Crippen LogP contribution >= 0.6 is 11.3 Å². The number of thiophene rings is 1. The highest BCUT2D eigenvalue weighted by Gasteiger charge is 2.00. The molecule has 0 spiro atoms. The second-order valence-corrected chi connectivity index (χ2v) is 5.94. The quantitative estimate of drug-likeness (QED) is 0.741. The molecule has 0 bridgehead atoms. The monoisotopic (exact) mass is 241 g/mol. The van der Waals surface area contributed by atoms with Crippen molar-refractivity contribution >= 4 is 11.3 Å². The third kappa shape index (κ3) is 5.10. The van der Waals surface area contributed by atoms with Crippen molar-refractivity contribution in [3.8, 4) is 0 Å². The van der Waals surface area contributed by atoms with E-state index < -0.39 is 0 Å². The molecule has 0 amide bonds. The molecule has 0 unspecified atom stereocenters. The number of hydrogen-bond donors (Lipinski definition) is 1. The van der Waals surface area contributed by atoms with Crippen LogP contribution in [0.2, 0.25) is 0 Å². The van der Waals surface area contributed by atoms with E-state index in [-0.39, 0.29) is 0 Å². The molecule has 1 N–H and O–H groups in total. The molecule has 1 aromatic heterocycles. The fraction of sp³-hybridized carbons (Fsp3) is 0.692. The lowest BCUT2D eigenvalue weighted by Gasteiger charge is -2.07. The number of hydrogen-bond acceptors (Lipinski definition) is 3. The van der Waals surface area contributed by atoms with Crippen molar-refractivity contribution in [2.45, 2.75) is 34.2 Å². The molecule has 1 aromatic rings. The van der Waals surface area contributed by atoms with Gasteiger partial charge >= 0.3 is 0 Å². The van der Waals surface area contributed by atoms with E-state index in [1.807, 2.05) is 11.3 Å². The Labute approximate surface area is 103 Å². The summed E-state index contributed by atoms with van der Waals surface area (Å²) in [6.07, 6.45) is 0. The summed E-state index contributed by atoms with van der Waals surface area (Å²) in [4.78, 5) is 2.84. The van der Waals surface area contributed by atoms with Gasteiger partial charge < -0.3 is 10.1 Å². The zero-order valence-electron chi connectivity index (χ0n) is 10.8. The third-order valence-corrected chi connectivity index (χ3v) is 3.54. The van der Waals surface area contributed by atoms with Gasteiger partial charge in [0, 0.05) is 29.5 Å². The fourth-order valence-electron chi connectivity index (χ4n) is 1.41. The van der Waals surface area contributed by atoms with E-state index in [2.05, 4.69) is 39.1 Å². The average molecular weight is 241 g/mol. The summed E-state index contributed by atoms with van der Waals surface area (Å²) in [7, 11) is 0. The molecule has 0 aromatic carbocycles. The fourth-order valence-corrected chi connectivity index (χ4v) is 2.43. The molecule has 1 heterocycles. The SMILES string of the molecule is Cc1cc(CNCCOCC(C)C)sc1C. The molecule has 0 aliphatic heterocycles. The van der Waals surface area contributed by atoms with E-state index in [1.54, 1.807) is 0 Å². The summed E-state index contributed by atoms with van der Waals surface area (Å²) in [6.45, 7) is 12.2. The van der Waals surface area contributed by atoms with E-state index in [0.29, 0.717) is 5.92 Å². The zero-order chi connectivity index (χ0) is 12.0. The summed E-state index contributed by atoms with van der Waals surface area (Å²) in [6, 6.07) is 2.27. The largest absolute Gasteiger partial charge is 0.380 e. The highest BCUT2D eigenvalue weighted by molar-refractivity contribution is 7.12. The van der Waals surface area contributed by atoms with E-state index in [4.69, 9.17) is 4.74 Å². The third-order valence-electron chi connectivity index (χ3n) is 2.39. The van der Waals surface area contributed by atoms with E-state index in [1.165, 1.54) is 15.3 Å². The van der Waals surface area contributed by atoms with Gasteiger partial charge in [-0.25, -0.2) is 0 Å². The highest BCUT2D eigenvalue weighted by Crippen LogP contribution is 2.19. The van der Waals surface area contributed by atoms with Crippen LogP contribution in [0, 0.1) is 19.8 Å². The molecule has 92 valence electrons. The van der Waals surface area contributed by atoms with E-state index in [9.17, 15) is 0 Å². The van der Waals surface area contributed by atoms with Gasteiger partial charge in [0.15, 0.2) is 0 Å². The van der Waals surface area contributed by atoms with Crippen LogP contribution in [0.1, 0.15) is 29.2 Å². The van der Waals surface area contributed by atoms with Crippen LogP contribution < -0.4 is 5.32 Å². The number of aryl methyl sites for hydroxylation is 2. The Morgan fingerprint density at radius 2 is 2.12 bits per heavy atom. The Hall–Kier alpha value is -0.380. The topological polar surface area (TPSA) is 21.3 Å². The molecule has 16 heavy (non-hydrogen) atoms. The average Bonchev–Trinajstić information content (AvgIpc) is 2.52. The van der Waals surface area contributed by atoms with Crippen molar-refractivity contribution in [3.63, 3.8) is 0 Å². The lowest BCUT2D eigenvalue weighted by molar-refractivity contribution is 0.111. The van der Waals surface area contributed by atoms with Crippen molar-refractivity contribution in [1.82, 2.24) is 5.32 Å². The van der Waals surface area contributed by atoms with Crippen LogP contribution in [0.25, 0.3) is 0 Å². The molecule has 2 nitrogen and oxygen atoms in total. The van der Waals surface area contributed by atoms with Gasteiger partial charge in [0.25, 0.3) is 0 Å². The summed E-state index contributed by atoms with van der Waals surface area (Å²) < 4.78 is 5.50. The van der Waals surface area contributed by atoms with Gasteiger partial charge in [-0.05, 0) is 31.4 Å². The summed E-state index contributed by atoms with van der Waals surface area (Å²) in [5.41, 5.74) is 1.40. The second kappa shape index (κ2) is 7.05. The molecule has 3 heteroatoms. The predicted molar refractivity (Wildman–Crippen MR) is 71.2 cm³/mol. The van der Waals surface area contributed by atoms with Crippen molar-refractivity contribution in [1.29, 1.82) is 0 Å². The number of rotatable bonds is 7. The van der Waals surface area contributed by atoms with Gasteiger partial charge in [-0.15, -0.1) is 11.3 Å². The Bertz CT molecular complexity index is 287. The van der Waals surface area contributed by atoms with Crippen LogP contribution in [0.4, 0.5) is 0 Å². The van der Waals surface area contributed by atoms with Crippen LogP contribution in [0.3, 0.4) is 0 Å². The van der Waals surface area contributed by atoms with Gasteiger partial charge in [0.2, 0.25) is 0 Å². The lowest BCUT2D eigenvalue weighted by atomic mass is 10.2. The summed E-state index contributed by atoms with van der Waals surface area (Å²) in [5.74, 6) is 0.627. The summed E-state index contributed by atoms with van der Waals surface area (Å²) in [5, 5.41) is 3.40. The van der Waals surface area contributed by atoms with Crippen LogP contribution in [-0.2, 0) is 11.3 Å². The lowest BCUT2D eigenvalue weighted by Crippen LogP contribution is -2.19. The van der Waals surface area contributed by atoms with Crippen LogP contribution in [-0.4, -0.2) is 19.8 Å². The Balaban J connectivity index is 2.07. The van der Waals surface area contributed by atoms with Gasteiger partial charge in [-0.3, -0.25) is 0 Å². The van der Waals surface area contributed by atoms with E-state index >= 15 is 0 Å². The van der Waals surface area contributed by atoms with Gasteiger partial charge in [0.1, 0.15) is 0 Å². The first kappa shape index (κ1) is 13.7. The standard InChI is InChI=1S/C13H23NOS/c1-10(2)9-15-6-5-14-8-13-7-11(3)12(4)16-13/h7,10,14H,5-6,8-9H2,1-4H3. The molecule has 0 fully saturated rings.